The molecule has 1 aromatic heterocycles. The Morgan fingerprint density at radius 1 is 0.977 bits per heavy atom. The van der Waals surface area contributed by atoms with Crippen LogP contribution in [0.5, 0.6) is 0 Å². The molecule has 0 aliphatic rings. The highest BCUT2D eigenvalue weighted by Gasteiger charge is 2.19. The van der Waals surface area contributed by atoms with Crippen LogP contribution in [0.4, 0.5) is 8.78 Å². The molecule has 0 saturated carbocycles. The fraction of sp³-hybridized carbons (Fsp3) is 0.364. The number of halogens is 2. The number of rotatable bonds is 12. The maximum absolute atomic E-state index is 13.7. The zero-order valence-corrected chi connectivity index (χ0v) is 24.5. The van der Waals surface area contributed by atoms with E-state index in [1.165, 1.54) is 41.0 Å². The molecule has 1 unspecified atom stereocenters. The minimum atomic E-state index is -0.988. The van der Waals surface area contributed by atoms with Crippen molar-refractivity contribution in [2.75, 3.05) is 13.2 Å². The molecule has 0 spiro atoms. The largest absolute Gasteiger partial charge is 0.460 e. The van der Waals surface area contributed by atoms with Gasteiger partial charge in [-0.2, -0.15) is 0 Å². The van der Waals surface area contributed by atoms with Gasteiger partial charge in [-0.05, 0) is 93.3 Å². The molecule has 2 atom stereocenters. The van der Waals surface area contributed by atoms with Crippen molar-refractivity contribution in [3.05, 3.63) is 106 Å². The second-order valence-electron chi connectivity index (χ2n) is 11.4. The molecule has 0 aliphatic heterocycles. The molecule has 1 heterocycles. The molecule has 4 rings (SSSR count). The van der Waals surface area contributed by atoms with Crippen LogP contribution in [0.25, 0.3) is 16.6 Å². The number of ether oxygens (including phenoxy) is 1. The van der Waals surface area contributed by atoms with Crippen LogP contribution in [0.15, 0.2) is 71.5 Å². The molecule has 0 aliphatic carbocycles. The van der Waals surface area contributed by atoms with E-state index in [0.29, 0.717) is 52.8 Å². The SMILES string of the molecule is CC(C)(C)OC(=O)CCCCc1nc2cc(C(O)CN[C@@H](CO)c3ccc(F)cc3)ccc2c(=O)n1-c1ccc(F)cc1. The lowest BCUT2D eigenvalue weighted by molar-refractivity contribution is -0.154. The average Bonchev–Trinajstić information content (AvgIpc) is 2.96. The van der Waals surface area contributed by atoms with Crippen molar-refractivity contribution in [1.82, 2.24) is 14.9 Å². The van der Waals surface area contributed by atoms with Crippen molar-refractivity contribution in [2.45, 2.75) is 64.2 Å². The van der Waals surface area contributed by atoms with E-state index < -0.39 is 23.6 Å². The number of carbonyl (C=O) groups excluding carboxylic acids is 1. The number of esters is 1. The van der Waals surface area contributed by atoms with Crippen molar-refractivity contribution in [1.29, 1.82) is 0 Å². The summed E-state index contributed by atoms with van der Waals surface area (Å²) in [5.74, 6) is -0.677. The number of fused-ring (bicyclic) bond motifs is 1. The van der Waals surface area contributed by atoms with Crippen molar-refractivity contribution >= 4 is 16.9 Å². The smallest absolute Gasteiger partial charge is 0.306 e. The average molecular weight is 594 g/mol. The van der Waals surface area contributed by atoms with Gasteiger partial charge in [0.1, 0.15) is 23.1 Å². The third kappa shape index (κ3) is 8.53. The summed E-state index contributed by atoms with van der Waals surface area (Å²) < 4.78 is 33.8. The minimum absolute atomic E-state index is 0.0816. The molecule has 10 heteroatoms. The lowest BCUT2D eigenvalue weighted by Crippen LogP contribution is -2.29. The molecule has 0 amide bonds. The number of aromatic nitrogens is 2. The first kappa shape index (κ1) is 31.9. The van der Waals surface area contributed by atoms with Crippen LogP contribution in [-0.2, 0) is 16.0 Å². The second-order valence-corrected chi connectivity index (χ2v) is 11.4. The zero-order valence-electron chi connectivity index (χ0n) is 24.5. The Labute approximate surface area is 249 Å². The first-order chi connectivity index (χ1) is 20.4. The molecular weight excluding hydrogens is 556 g/mol. The number of nitrogens with zero attached hydrogens (tertiary/aromatic N) is 2. The molecule has 0 bridgehead atoms. The fourth-order valence-corrected chi connectivity index (χ4v) is 4.78. The number of aliphatic hydroxyl groups excluding tert-OH is 2. The quantitative estimate of drug-likeness (QED) is 0.155. The Balaban J connectivity index is 1.57. The summed E-state index contributed by atoms with van der Waals surface area (Å²) in [6.45, 7) is 5.26. The van der Waals surface area contributed by atoms with Crippen LogP contribution in [-0.4, -0.2) is 44.5 Å². The van der Waals surface area contributed by atoms with Crippen molar-refractivity contribution in [2.24, 2.45) is 0 Å². The van der Waals surface area contributed by atoms with Crippen LogP contribution in [0, 0.1) is 11.6 Å². The molecule has 43 heavy (non-hydrogen) atoms. The molecule has 0 saturated heterocycles. The van der Waals surface area contributed by atoms with Crippen molar-refractivity contribution in [3.8, 4) is 5.69 Å². The van der Waals surface area contributed by atoms with Crippen LogP contribution >= 0.6 is 0 Å². The molecule has 4 aromatic rings. The van der Waals surface area contributed by atoms with Gasteiger partial charge in [-0.3, -0.25) is 14.2 Å². The van der Waals surface area contributed by atoms with E-state index in [9.17, 15) is 28.6 Å². The lowest BCUT2D eigenvalue weighted by atomic mass is 10.0. The topological polar surface area (TPSA) is 114 Å². The van der Waals surface area contributed by atoms with Gasteiger partial charge in [-0.25, -0.2) is 13.8 Å². The molecule has 228 valence electrons. The molecule has 3 aromatic carbocycles. The highest BCUT2D eigenvalue weighted by molar-refractivity contribution is 5.79. The van der Waals surface area contributed by atoms with E-state index in [4.69, 9.17) is 9.72 Å². The first-order valence-electron chi connectivity index (χ1n) is 14.3. The number of unbranched alkanes of at least 4 members (excludes halogenated alkanes) is 1. The van der Waals surface area contributed by atoms with Gasteiger partial charge in [0.25, 0.3) is 5.56 Å². The van der Waals surface area contributed by atoms with Gasteiger partial charge in [0, 0.05) is 19.4 Å². The Hall–Kier alpha value is -3.99. The van der Waals surface area contributed by atoms with Crippen molar-refractivity contribution < 1.29 is 28.5 Å². The predicted molar refractivity (Wildman–Crippen MR) is 160 cm³/mol. The number of nitrogens with one attached hydrogen (secondary N) is 1. The third-order valence-electron chi connectivity index (χ3n) is 6.90. The van der Waals surface area contributed by atoms with Gasteiger partial charge in [0.2, 0.25) is 0 Å². The van der Waals surface area contributed by atoms with Gasteiger partial charge in [0.05, 0.1) is 35.3 Å². The predicted octanol–water partition coefficient (Wildman–Crippen LogP) is 5.08. The minimum Gasteiger partial charge on any atom is -0.460 e. The van der Waals surface area contributed by atoms with E-state index in [1.54, 1.807) is 30.3 Å². The maximum Gasteiger partial charge on any atom is 0.306 e. The fourth-order valence-electron chi connectivity index (χ4n) is 4.78. The Kier molecular flexibility index (Phi) is 10.4. The molecular formula is C33H37F2N3O5. The van der Waals surface area contributed by atoms with E-state index in [2.05, 4.69) is 5.32 Å². The molecule has 3 N–H and O–H groups in total. The highest BCUT2D eigenvalue weighted by atomic mass is 19.1. The van der Waals surface area contributed by atoms with Gasteiger partial charge >= 0.3 is 5.97 Å². The summed E-state index contributed by atoms with van der Waals surface area (Å²) in [4.78, 5) is 30.6. The van der Waals surface area contributed by atoms with Gasteiger partial charge < -0.3 is 20.3 Å². The van der Waals surface area contributed by atoms with E-state index in [-0.39, 0.29) is 36.9 Å². The first-order valence-corrected chi connectivity index (χ1v) is 14.3. The summed E-state index contributed by atoms with van der Waals surface area (Å²) in [7, 11) is 0. The highest BCUT2D eigenvalue weighted by Crippen LogP contribution is 2.22. The van der Waals surface area contributed by atoms with E-state index in [1.807, 2.05) is 20.8 Å². The monoisotopic (exact) mass is 593 g/mol. The standard InChI is InChI=1S/C33H37F2N3O5/c1-33(2,3)43-31(41)7-5-4-6-30-37-27-18-22(29(40)19-36-28(20-39)21-8-11-23(34)12-9-21)10-17-26(27)32(42)38(30)25-15-13-24(35)14-16-25/h8-18,28-29,36,39-40H,4-7,19-20H2,1-3H3/t28-,29?/m0/s1. The number of hydrogen-bond acceptors (Lipinski definition) is 7. The molecule has 0 radical (unpaired) electrons. The number of hydrogen-bond donors (Lipinski definition) is 3. The van der Waals surface area contributed by atoms with Crippen LogP contribution < -0.4 is 10.9 Å². The summed E-state index contributed by atoms with van der Waals surface area (Å²) in [6, 6.07) is 15.7. The van der Waals surface area contributed by atoms with Gasteiger partial charge in [-0.1, -0.05) is 18.2 Å². The van der Waals surface area contributed by atoms with E-state index in [0.717, 1.165) is 0 Å². The summed E-state index contributed by atoms with van der Waals surface area (Å²) in [5.41, 5.74) is 1.13. The van der Waals surface area contributed by atoms with Crippen molar-refractivity contribution in [3.63, 3.8) is 0 Å². The van der Waals surface area contributed by atoms with Gasteiger partial charge in [-0.15, -0.1) is 0 Å². The lowest BCUT2D eigenvalue weighted by Gasteiger charge is -2.20. The Bertz CT molecular complexity index is 1600. The zero-order chi connectivity index (χ0) is 31.1. The van der Waals surface area contributed by atoms with Gasteiger partial charge in [0.15, 0.2) is 0 Å². The van der Waals surface area contributed by atoms with Crippen LogP contribution in [0.2, 0.25) is 0 Å². The van der Waals surface area contributed by atoms with Crippen LogP contribution in [0.3, 0.4) is 0 Å². The Morgan fingerprint density at radius 2 is 1.60 bits per heavy atom. The number of carbonyl (C=O) groups is 1. The summed E-state index contributed by atoms with van der Waals surface area (Å²) in [5, 5.41) is 24.1. The number of benzene rings is 3. The number of aliphatic hydroxyl groups is 2. The third-order valence-corrected chi connectivity index (χ3v) is 6.90. The molecule has 0 fully saturated rings. The second kappa shape index (κ2) is 14.0. The number of aryl methyl sites for hydroxylation is 1. The Morgan fingerprint density at radius 3 is 2.23 bits per heavy atom. The summed E-state index contributed by atoms with van der Waals surface area (Å²) >= 11 is 0. The van der Waals surface area contributed by atoms with Crippen LogP contribution in [0.1, 0.15) is 69.1 Å². The van der Waals surface area contributed by atoms with E-state index >= 15 is 0 Å². The summed E-state index contributed by atoms with van der Waals surface area (Å²) in [6.07, 6.45) is 0.683. The molecule has 8 nitrogen and oxygen atoms in total. The maximum atomic E-state index is 13.7. The normalized spacial score (nSPS) is 13.2.